The van der Waals surface area contributed by atoms with Gasteiger partial charge in [-0.15, -0.1) is 0 Å². The molecule has 0 unspecified atom stereocenters. The Morgan fingerprint density at radius 2 is 2.25 bits per heavy atom. The van der Waals surface area contributed by atoms with Gasteiger partial charge in [0.15, 0.2) is 5.75 Å². The van der Waals surface area contributed by atoms with Crippen molar-refractivity contribution in [2.75, 3.05) is 13.1 Å². The Labute approximate surface area is 118 Å². The van der Waals surface area contributed by atoms with Crippen molar-refractivity contribution in [1.82, 2.24) is 9.88 Å². The van der Waals surface area contributed by atoms with E-state index in [-0.39, 0.29) is 23.8 Å². The first kappa shape index (κ1) is 14.4. The minimum absolute atomic E-state index is 0.00298. The highest BCUT2D eigenvalue weighted by molar-refractivity contribution is 5.68. The number of aromatic hydroxyl groups is 1. The average molecular weight is 280 g/mol. The van der Waals surface area contributed by atoms with Crippen LogP contribution in [0.3, 0.4) is 0 Å². The Hall–Kier alpha value is -1.98. The van der Waals surface area contributed by atoms with Crippen LogP contribution >= 0.6 is 0 Å². The van der Waals surface area contributed by atoms with Gasteiger partial charge < -0.3 is 19.5 Å². The second kappa shape index (κ2) is 5.56. The SMILES string of the molecule is CC(C)(C)OC(=O)N1CC[C@H](Oc2ncccc2O)C1. The van der Waals surface area contributed by atoms with Crippen molar-refractivity contribution in [3.05, 3.63) is 18.3 Å². The molecule has 20 heavy (non-hydrogen) atoms. The fraction of sp³-hybridized carbons (Fsp3) is 0.571. The summed E-state index contributed by atoms with van der Waals surface area (Å²) >= 11 is 0. The van der Waals surface area contributed by atoms with Gasteiger partial charge in [-0.1, -0.05) is 0 Å². The van der Waals surface area contributed by atoms with Gasteiger partial charge in [0.25, 0.3) is 5.88 Å². The molecule has 1 atom stereocenters. The van der Waals surface area contributed by atoms with Crippen LogP contribution in [0.5, 0.6) is 11.6 Å². The van der Waals surface area contributed by atoms with Gasteiger partial charge in [0.2, 0.25) is 0 Å². The summed E-state index contributed by atoms with van der Waals surface area (Å²) in [5.41, 5.74) is -0.505. The number of amides is 1. The molecule has 0 aromatic carbocycles. The molecule has 1 saturated heterocycles. The molecule has 2 heterocycles. The van der Waals surface area contributed by atoms with Gasteiger partial charge >= 0.3 is 6.09 Å². The predicted molar refractivity (Wildman–Crippen MR) is 72.7 cm³/mol. The van der Waals surface area contributed by atoms with E-state index in [9.17, 15) is 9.90 Å². The lowest BCUT2D eigenvalue weighted by Gasteiger charge is -2.24. The molecule has 110 valence electrons. The highest BCUT2D eigenvalue weighted by Crippen LogP contribution is 2.25. The Bertz CT molecular complexity index is 484. The quantitative estimate of drug-likeness (QED) is 0.899. The fourth-order valence-corrected chi connectivity index (χ4v) is 1.95. The van der Waals surface area contributed by atoms with E-state index in [1.165, 1.54) is 6.07 Å². The molecule has 1 amide bonds. The maximum atomic E-state index is 11.9. The molecule has 0 spiro atoms. The molecule has 1 N–H and O–H groups in total. The molecular weight excluding hydrogens is 260 g/mol. The van der Waals surface area contributed by atoms with Gasteiger partial charge in [-0.25, -0.2) is 9.78 Å². The molecule has 0 radical (unpaired) electrons. The van der Waals surface area contributed by atoms with Gasteiger partial charge in [0, 0.05) is 19.2 Å². The number of aromatic nitrogens is 1. The number of hydrogen-bond donors (Lipinski definition) is 1. The summed E-state index contributed by atoms with van der Waals surface area (Å²) in [6, 6.07) is 3.15. The van der Waals surface area contributed by atoms with Crippen molar-refractivity contribution in [3.63, 3.8) is 0 Å². The summed E-state index contributed by atoms with van der Waals surface area (Å²) in [6.07, 6.45) is 1.72. The van der Waals surface area contributed by atoms with Crippen LogP contribution in [0.1, 0.15) is 27.2 Å². The van der Waals surface area contributed by atoms with Crippen LogP contribution in [0.2, 0.25) is 0 Å². The maximum Gasteiger partial charge on any atom is 0.410 e. The van der Waals surface area contributed by atoms with E-state index in [4.69, 9.17) is 9.47 Å². The Balaban J connectivity index is 1.90. The predicted octanol–water partition coefficient (Wildman–Crippen LogP) is 2.18. The van der Waals surface area contributed by atoms with Gasteiger partial charge in [-0.05, 0) is 32.9 Å². The number of carbonyl (C=O) groups excluding carboxylic acids is 1. The lowest BCUT2D eigenvalue weighted by Crippen LogP contribution is -2.36. The third-order valence-electron chi connectivity index (χ3n) is 2.83. The number of carbonyl (C=O) groups is 1. The molecule has 0 saturated carbocycles. The van der Waals surface area contributed by atoms with E-state index < -0.39 is 5.60 Å². The van der Waals surface area contributed by atoms with Gasteiger partial charge in [-0.2, -0.15) is 0 Å². The lowest BCUT2D eigenvalue weighted by atomic mass is 10.2. The van der Waals surface area contributed by atoms with Crippen LogP contribution in [-0.4, -0.2) is 45.9 Å². The number of pyridine rings is 1. The summed E-state index contributed by atoms with van der Waals surface area (Å²) < 4.78 is 10.9. The second-order valence-corrected chi connectivity index (χ2v) is 5.78. The van der Waals surface area contributed by atoms with Crippen LogP contribution in [0.25, 0.3) is 0 Å². The third-order valence-corrected chi connectivity index (χ3v) is 2.83. The highest BCUT2D eigenvalue weighted by Gasteiger charge is 2.31. The number of rotatable bonds is 2. The van der Waals surface area contributed by atoms with Crippen molar-refractivity contribution < 1.29 is 19.4 Å². The zero-order chi connectivity index (χ0) is 14.8. The Morgan fingerprint density at radius 3 is 2.90 bits per heavy atom. The first-order valence-corrected chi connectivity index (χ1v) is 6.64. The van der Waals surface area contributed by atoms with Gasteiger partial charge in [0.1, 0.15) is 11.7 Å². The fourth-order valence-electron chi connectivity index (χ4n) is 1.95. The molecule has 2 rings (SSSR count). The van der Waals surface area contributed by atoms with E-state index in [2.05, 4.69) is 4.98 Å². The van der Waals surface area contributed by atoms with Crippen LogP contribution in [0, 0.1) is 0 Å². The highest BCUT2D eigenvalue weighted by atomic mass is 16.6. The van der Waals surface area contributed by atoms with Crippen molar-refractivity contribution in [1.29, 1.82) is 0 Å². The topological polar surface area (TPSA) is 71.9 Å². The van der Waals surface area contributed by atoms with Crippen molar-refractivity contribution in [2.24, 2.45) is 0 Å². The summed E-state index contributed by atoms with van der Waals surface area (Å²) in [5.74, 6) is 0.201. The maximum absolute atomic E-state index is 11.9. The molecule has 0 aliphatic carbocycles. The third kappa shape index (κ3) is 3.76. The first-order valence-electron chi connectivity index (χ1n) is 6.64. The van der Waals surface area contributed by atoms with Crippen molar-refractivity contribution in [3.8, 4) is 11.6 Å². The van der Waals surface area contributed by atoms with E-state index in [1.54, 1.807) is 17.2 Å². The number of ether oxygens (including phenoxy) is 2. The minimum atomic E-state index is -0.505. The summed E-state index contributed by atoms with van der Waals surface area (Å²) in [6.45, 7) is 6.51. The van der Waals surface area contributed by atoms with Crippen molar-refractivity contribution >= 4 is 6.09 Å². The van der Waals surface area contributed by atoms with Gasteiger partial charge in [0.05, 0.1) is 6.54 Å². The molecule has 1 aliphatic heterocycles. The van der Waals surface area contributed by atoms with Gasteiger partial charge in [-0.3, -0.25) is 0 Å². The van der Waals surface area contributed by atoms with Crippen molar-refractivity contribution in [2.45, 2.75) is 38.9 Å². The minimum Gasteiger partial charge on any atom is -0.503 e. The zero-order valence-corrected chi connectivity index (χ0v) is 12.0. The van der Waals surface area contributed by atoms with Crippen LogP contribution in [0.15, 0.2) is 18.3 Å². The first-order chi connectivity index (χ1) is 9.35. The van der Waals surface area contributed by atoms with E-state index in [0.29, 0.717) is 19.5 Å². The number of likely N-dealkylation sites (tertiary alicyclic amines) is 1. The molecule has 1 aromatic heterocycles. The largest absolute Gasteiger partial charge is 0.503 e. The molecule has 6 heteroatoms. The van der Waals surface area contributed by atoms with Crippen LogP contribution in [-0.2, 0) is 4.74 Å². The monoisotopic (exact) mass is 280 g/mol. The molecule has 1 aliphatic rings. The lowest BCUT2D eigenvalue weighted by molar-refractivity contribution is 0.0274. The summed E-state index contributed by atoms with van der Waals surface area (Å²) in [7, 11) is 0. The molecule has 1 fully saturated rings. The van der Waals surface area contributed by atoms with E-state index >= 15 is 0 Å². The number of nitrogens with zero attached hydrogens (tertiary/aromatic N) is 2. The van der Waals surface area contributed by atoms with E-state index in [1.807, 2.05) is 20.8 Å². The standard InChI is InChI=1S/C14H20N2O4/c1-14(2,3)20-13(18)16-8-6-10(9-16)19-12-11(17)5-4-7-15-12/h4-5,7,10,17H,6,8-9H2,1-3H3/t10-/m0/s1. The normalized spacial score (nSPS) is 18.9. The smallest absolute Gasteiger partial charge is 0.410 e. The zero-order valence-electron chi connectivity index (χ0n) is 12.0. The average Bonchev–Trinajstić information content (AvgIpc) is 2.79. The van der Waals surface area contributed by atoms with Crippen LogP contribution in [0.4, 0.5) is 4.79 Å². The second-order valence-electron chi connectivity index (χ2n) is 5.78. The van der Waals surface area contributed by atoms with Crippen LogP contribution < -0.4 is 4.74 Å². The van der Waals surface area contributed by atoms with E-state index in [0.717, 1.165) is 0 Å². The number of hydrogen-bond acceptors (Lipinski definition) is 5. The molecule has 6 nitrogen and oxygen atoms in total. The Morgan fingerprint density at radius 1 is 1.50 bits per heavy atom. The Kier molecular flexibility index (Phi) is 4.01. The molecule has 0 bridgehead atoms. The molecule has 1 aromatic rings. The summed E-state index contributed by atoms with van der Waals surface area (Å²) in [5, 5.41) is 9.61. The molecular formula is C14H20N2O4. The summed E-state index contributed by atoms with van der Waals surface area (Å²) in [4.78, 5) is 17.5.